The fraction of sp³-hybridized carbons (Fsp3) is 0.0476. The molecular formula is C21H15F2N3O2. The Hall–Kier alpha value is -3.74. The van der Waals surface area contributed by atoms with Crippen molar-refractivity contribution in [3.05, 3.63) is 89.5 Å². The molecule has 2 aromatic carbocycles. The monoisotopic (exact) mass is 379 g/mol. The van der Waals surface area contributed by atoms with Crippen LogP contribution >= 0.6 is 0 Å². The van der Waals surface area contributed by atoms with Crippen molar-refractivity contribution in [1.82, 2.24) is 14.8 Å². The molecule has 0 unspecified atom stereocenters. The van der Waals surface area contributed by atoms with E-state index in [-0.39, 0.29) is 11.3 Å². The maximum atomic E-state index is 12.5. The third-order valence-electron chi connectivity index (χ3n) is 4.22. The second kappa shape index (κ2) is 7.48. The summed E-state index contributed by atoms with van der Waals surface area (Å²) < 4.78 is 31.1. The van der Waals surface area contributed by atoms with Crippen molar-refractivity contribution in [1.29, 1.82) is 0 Å². The first-order valence-electron chi connectivity index (χ1n) is 8.49. The molecule has 5 nitrogen and oxygen atoms in total. The molecule has 0 saturated carbocycles. The summed E-state index contributed by atoms with van der Waals surface area (Å²) >= 11 is 0. The number of pyridine rings is 1. The molecule has 0 spiro atoms. The first-order valence-corrected chi connectivity index (χ1v) is 8.49. The van der Waals surface area contributed by atoms with E-state index >= 15 is 0 Å². The molecule has 7 heteroatoms. The van der Waals surface area contributed by atoms with Crippen LogP contribution in [-0.4, -0.2) is 21.4 Å². The van der Waals surface area contributed by atoms with Crippen LogP contribution in [0.25, 0.3) is 28.1 Å². The van der Waals surface area contributed by atoms with Gasteiger partial charge in [0.15, 0.2) is 0 Å². The molecule has 140 valence electrons. The fourth-order valence-electron chi connectivity index (χ4n) is 2.97. The molecule has 0 radical (unpaired) electrons. The van der Waals surface area contributed by atoms with E-state index in [1.165, 1.54) is 18.3 Å². The Morgan fingerprint density at radius 2 is 1.79 bits per heavy atom. The van der Waals surface area contributed by atoms with E-state index in [4.69, 9.17) is 0 Å². The highest BCUT2D eigenvalue weighted by molar-refractivity contribution is 5.71. The highest BCUT2D eigenvalue weighted by atomic mass is 19.3. The molecule has 2 heterocycles. The van der Waals surface area contributed by atoms with Crippen molar-refractivity contribution in [3.63, 3.8) is 0 Å². The van der Waals surface area contributed by atoms with Gasteiger partial charge in [-0.3, -0.25) is 4.79 Å². The maximum absolute atomic E-state index is 12.5. The highest BCUT2D eigenvalue weighted by Gasteiger charge is 2.13. The minimum absolute atomic E-state index is 0.0505. The highest BCUT2D eigenvalue weighted by Crippen LogP contribution is 2.27. The molecule has 0 aliphatic heterocycles. The van der Waals surface area contributed by atoms with Crippen LogP contribution in [0.3, 0.4) is 0 Å². The van der Waals surface area contributed by atoms with Crippen LogP contribution in [0, 0.1) is 0 Å². The molecule has 1 N–H and O–H groups in total. The lowest BCUT2D eigenvalue weighted by Gasteiger charge is -2.10. The van der Waals surface area contributed by atoms with Gasteiger partial charge in [0, 0.05) is 6.20 Å². The maximum Gasteiger partial charge on any atom is 0.387 e. The number of aromatic amines is 1. The number of H-pyrrole nitrogens is 1. The van der Waals surface area contributed by atoms with E-state index in [9.17, 15) is 13.6 Å². The van der Waals surface area contributed by atoms with Gasteiger partial charge >= 0.3 is 6.61 Å². The predicted molar refractivity (Wildman–Crippen MR) is 102 cm³/mol. The third kappa shape index (κ3) is 3.55. The number of ether oxygens (including phenoxy) is 1. The van der Waals surface area contributed by atoms with Crippen LogP contribution < -0.4 is 10.3 Å². The van der Waals surface area contributed by atoms with Gasteiger partial charge in [0.2, 0.25) is 0 Å². The lowest BCUT2D eigenvalue weighted by molar-refractivity contribution is -0.0498. The number of hydrogen-bond donors (Lipinski definition) is 1. The number of para-hydroxylation sites is 1. The van der Waals surface area contributed by atoms with Gasteiger partial charge in [0.05, 0.1) is 23.1 Å². The van der Waals surface area contributed by atoms with Crippen molar-refractivity contribution in [2.45, 2.75) is 6.61 Å². The van der Waals surface area contributed by atoms with Crippen molar-refractivity contribution in [2.24, 2.45) is 0 Å². The molecular weight excluding hydrogens is 364 g/mol. The third-order valence-corrected chi connectivity index (χ3v) is 4.22. The summed E-state index contributed by atoms with van der Waals surface area (Å²) in [5.74, 6) is 0.0505. The quantitative estimate of drug-likeness (QED) is 0.556. The van der Waals surface area contributed by atoms with Crippen LogP contribution in [0.5, 0.6) is 5.75 Å². The van der Waals surface area contributed by atoms with Gasteiger partial charge in [-0.25, -0.2) is 4.68 Å². The lowest BCUT2D eigenvalue weighted by Crippen LogP contribution is -2.11. The topological polar surface area (TPSA) is 59.9 Å². The number of rotatable bonds is 5. The number of benzene rings is 2. The number of hydrogen-bond acceptors (Lipinski definition) is 3. The van der Waals surface area contributed by atoms with E-state index in [0.29, 0.717) is 22.4 Å². The average Bonchev–Trinajstić information content (AvgIpc) is 3.18. The van der Waals surface area contributed by atoms with Gasteiger partial charge in [-0.2, -0.15) is 13.9 Å². The van der Waals surface area contributed by atoms with Crippen LogP contribution in [0.1, 0.15) is 0 Å². The van der Waals surface area contributed by atoms with Gasteiger partial charge in [-0.15, -0.1) is 0 Å². The van der Waals surface area contributed by atoms with Crippen molar-refractivity contribution < 1.29 is 13.5 Å². The minimum atomic E-state index is -2.90. The Labute approximate surface area is 158 Å². The number of aromatic nitrogens is 3. The molecule has 0 amide bonds. The van der Waals surface area contributed by atoms with Gasteiger partial charge in [-0.05, 0) is 47.5 Å². The van der Waals surface area contributed by atoms with Crippen LogP contribution in [-0.2, 0) is 0 Å². The molecule has 0 atom stereocenters. The molecule has 0 fully saturated rings. The normalized spacial score (nSPS) is 11.0. The second-order valence-corrected chi connectivity index (χ2v) is 6.00. The van der Waals surface area contributed by atoms with Crippen LogP contribution in [0.4, 0.5) is 8.78 Å². The van der Waals surface area contributed by atoms with Gasteiger partial charge in [0.1, 0.15) is 5.75 Å². The fourth-order valence-corrected chi connectivity index (χ4v) is 2.97. The standard InChI is InChI=1S/C21H15F2N3O2/c22-21(23)28-17-8-4-5-14(11-17)15-12-18(20(27)24-13-15)19-9-10-25-26(19)16-6-2-1-3-7-16/h1-13,21H,(H,24,27). The molecule has 0 aliphatic carbocycles. The largest absolute Gasteiger partial charge is 0.435 e. The minimum Gasteiger partial charge on any atom is -0.435 e. The van der Waals surface area contributed by atoms with Crippen molar-refractivity contribution in [3.8, 4) is 33.8 Å². The Morgan fingerprint density at radius 3 is 2.57 bits per heavy atom. The molecule has 4 rings (SSSR count). The Bertz CT molecular complexity index is 1150. The zero-order valence-corrected chi connectivity index (χ0v) is 14.5. The number of nitrogens with zero attached hydrogens (tertiary/aromatic N) is 2. The second-order valence-electron chi connectivity index (χ2n) is 6.00. The molecule has 0 bridgehead atoms. The first-order chi connectivity index (χ1) is 13.6. The average molecular weight is 379 g/mol. The van der Waals surface area contributed by atoms with E-state index in [1.54, 1.807) is 35.1 Å². The zero-order valence-electron chi connectivity index (χ0n) is 14.5. The van der Waals surface area contributed by atoms with E-state index in [2.05, 4.69) is 14.8 Å². The van der Waals surface area contributed by atoms with Gasteiger partial charge < -0.3 is 9.72 Å². The van der Waals surface area contributed by atoms with Gasteiger partial charge in [0.25, 0.3) is 5.56 Å². The molecule has 0 saturated heterocycles. The van der Waals surface area contributed by atoms with E-state index in [0.717, 1.165) is 5.69 Å². The Balaban J connectivity index is 1.78. The summed E-state index contributed by atoms with van der Waals surface area (Å²) in [7, 11) is 0. The van der Waals surface area contributed by atoms with E-state index < -0.39 is 6.61 Å². The lowest BCUT2D eigenvalue weighted by atomic mass is 10.0. The van der Waals surface area contributed by atoms with E-state index in [1.807, 2.05) is 30.3 Å². The molecule has 28 heavy (non-hydrogen) atoms. The predicted octanol–water partition coefficient (Wildman–Crippen LogP) is 4.50. The summed E-state index contributed by atoms with van der Waals surface area (Å²) in [6.45, 7) is -2.90. The SMILES string of the molecule is O=c1[nH]cc(-c2cccc(OC(F)F)c2)cc1-c1ccnn1-c1ccccc1. The Kier molecular flexibility index (Phi) is 4.72. The molecule has 0 aliphatic rings. The summed E-state index contributed by atoms with van der Waals surface area (Å²) in [4.78, 5) is 15.2. The van der Waals surface area contributed by atoms with Crippen molar-refractivity contribution >= 4 is 0 Å². The van der Waals surface area contributed by atoms with Crippen LogP contribution in [0.2, 0.25) is 0 Å². The zero-order chi connectivity index (χ0) is 19.5. The van der Waals surface area contributed by atoms with Crippen LogP contribution in [0.15, 0.2) is 83.9 Å². The van der Waals surface area contributed by atoms with Gasteiger partial charge in [-0.1, -0.05) is 30.3 Å². The molecule has 2 aromatic heterocycles. The summed E-state index contributed by atoms with van der Waals surface area (Å²) in [5.41, 5.74) is 2.88. The number of alkyl halides is 2. The number of nitrogens with one attached hydrogen (secondary N) is 1. The Morgan fingerprint density at radius 1 is 0.964 bits per heavy atom. The first kappa shape index (κ1) is 17.7. The summed E-state index contributed by atoms with van der Waals surface area (Å²) in [6.07, 6.45) is 3.15. The summed E-state index contributed by atoms with van der Waals surface area (Å²) in [5, 5.41) is 4.31. The number of halogens is 2. The smallest absolute Gasteiger partial charge is 0.387 e. The van der Waals surface area contributed by atoms with Crippen molar-refractivity contribution in [2.75, 3.05) is 0 Å². The summed E-state index contributed by atoms with van der Waals surface area (Å²) in [6, 6.07) is 19.2. The molecule has 4 aromatic rings.